The lowest BCUT2D eigenvalue weighted by Crippen LogP contribution is -2.25. The van der Waals surface area contributed by atoms with Gasteiger partial charge in [0.2, 0.25) is 0 Å². The zero-order valence-corrected chi connectivity index (χ0v) is 11.4. The molecule has 1 aromatic carbocycles. The van der Waals surface area contributed by atoms with Crippen molar-refractivity contribution in [2.24, 2.45) is 16.5 Å². The molecule has 6 heteroatoms. The molecular formula is C11H14F2IN3. The van der Waals surface area contributed by atoms with Gasteiger partial charge in [0, 0.05) is 11.0 Å². The molecule has 1 aromatic rings. The lowest BCUT2D eigenvalue weighted by atomic mass is 9.95. The zero-order valence-electron chi connectivity index (χ0n) is 9.12. The largest absolute Gasteiger partial charge is 0.370 e. The summed E-state index contributed by atoms with van der Waals surface area (Å²) in [5.74, 6) is -1.10. The van der Waals surface area contributed by atoms with Crippen LogP contribution in [0.1, 0.15) is 18.4 Å². The van der Waals surface area contributed by atoms with Gasteiger partial charge in [-0.3, -0.25) is 4.99 Å². The summed E-state index contributed by atoms with van der Waals surface area (Å²) in [4.78, 5) is 3.86. The standard InChI is InChI=1S/C11H13F2N3.HI/c12-7-2-1-3-8(13)9(7)11(4-5-11)6-16-10(14)15;/h1-3H,4-6H2,(H4,14,15,16);1H. The van der Waals surface area contributed by atoms with Crippen molar-refractivity contribution in [3.8, 4) is 0 Å². The first-order chi connectivity index (χ1) is 7.55. The topological polar surface area (TPSA) is 64.4 Å². The van der Waals surface area contributed by atoms with Crippen molar-refractivity contribution in [1.29, 1.82) is 0 Å². The van der Waals surface area contributed by atoms with Gasteiger partial charge < -0.3 is 11.5 Å². The number of benzene rings is 1. The number of guanidine groups is 1. The summed E-state index contributed by atoms with van der Waals surface area (Å²) in [6.45, 7) is 0.243. The van der Waals surface area contributed by atoms with Crippen LogP contribution in [-0.2, 0) is 5.41 Å². The Bertz CT molecular complexity index is 420. The van der Waals surface area contributed by atoms with E-state index in [-0.39, 0.29) is 42.0 Å². The molecule has 0 heterocycles. The van der Waals surface area contributed by atoms with Gasteiger partial charge in [-0.15, -0.1) is 24.0 Å². The van der Waals surface area contributed by atoms with Crippen LogP contribution in [0.4, 0.5) is 8.78 Å². The minimum absolute atomic E-state index is 0. The van der Waals surface area contributed by atoms with Crippen molar-refractivity contribution in [1.82, 2.24) is 0 Å². The highest BCUT2D eigenvalue weighted by atomic mass is 127. The van der Waals surface area contributed by atoms with E-state index in [1.54, 1.807) is 0 Å². The van der Waals surface area contributed by atoms with Gasteiger partial charge in [0.1, 0.15) is 11.6 Å². The first kappa shape index (κ1) is 14.1. The Morgan fingerprint density at radius 2 is 1.76 bits per heavy atom. The number of halogens is 3. The highest BCUT2D eigenvalue weighted by Gasteiger charge is 2.47. The maximum absolute atomic E-state index is 13.6. The van der Waals surface area contributed by atoms with Crippen molar-refractivity contribution >= 4 is 29.9 Å². The summed E-state index contributed by atoms with van der Waals surface area (Å²) in [5.41, 5.74) is 10.0. The maximum atomic E-state index is 13.6. The molecule has 2 rings (SSSR count). The number of nitrogens with two attached hydrogens (primary N) is 2. The molecule has 4 N–H and O–H groups in total. The molecule has 1 aliphatic rings. The fourth-order valence-electron chi connectivity index (χ4n) is 1.89. The van der Waals surface area contributed by atoms with Crippen LogP contribution in [0.25, 0.3) is 0 Å². The van der Waals surface area contributed by atoms with Crippen LogP contribution >= 0.6 is 24.0 Å². The third kappa shape index (κ3) is 2.85. The Kier molecular flexibility index (Phi) is 4.29. The molecule has 0 aromatic heterocycles. The molecule has 17 heavy (non-hydrogen) atoms. The van der Waals surface area contributed by atoms with Gasteiger partial charge in [0.15, 0.2) is 5.96 Å². The number of nitrogens with zero attached hydrogens (tertiary/aromatic N) is 1. The molecule has 1 saturated carbocycles. The van der Waals surface area contributed by atoms with Crippen LogP contribution < -0.4 is 11.5 Å². The van der Waals surface area contributed by atoms with Crippen molar-refractivity contribution in [2.45, 2.75) is 18.3 Å². The van der Waals surface area contributed by atoms with Gasteiger partial charge in [-0.25, -0.2) is 8.78 Å². The van der Waals surface area contributed by atoms with E-state index in [0.717, 1.165) is 0 Å². The Morgan fingerprint density at radius 1 is 1.24 bits per heavy atom. The predicted molar refractivity (Wildman–Crippen MR) is 73.4 cm³/mol. The normalized spacial score (nSPS) is 15.9. The summed E-state index contributed by atoms with van der Waals surface area (Å²) < 4.78 is 27.1. The van der Waals surface area contributed by atoms with Gasteiger partial charge in [-0.1, -0.05) is 6.07 Å². The monoisotopic (exact) mass is 353 g/mol. The maximum Gasteiger partial charge on any atom is 0.185 e. The molecule has 0 spiro atoms. The molecule has 0 saturated heterocycles. The van der Waals surface area contributed by atoms with Crippen molar-refractivity contribution in [3.05, 3.63) is 35.4 Å². The number of hydrogen-bond acceptors (Lipinski definition) is 1. The van der Waals surface area contributed by atoms with E-state index in [2.05, 4.69) is 4.99 Å². The minimum Gasteiger partial charge on any atom is -0.370 e. The van der Waals surface area contributed by atoms with E-state index in [0.29, 0.717) is 12.8 Å². The Balaban J connectivity index is 0.00000144. The van der Waals surface area contributed by atoms with Crippen molar-refractivity contribution < 1.29 is 8.78 Å². The first-order valence-corrected chi connectivity index (χ1v) is 5.05. The van der Waals surface area contributed by atoms with Crippen LogP contribution in [0, 0.1) is 11.6 Å². The average molecular weight is 353 g/mol. The fourth-order valence-corrected chi connectivity index (χ4v) is 1.89. The summed E-state index contributed by atoms with van der Waals surface area (Å²) >= 11 is 0. The third-order valence-corrected chi connectivity index (χ3v) is 2.91. The number of aliphatic imine (C=N–C) groups is 1. The molecule has 3 nitrogen and oxygen atoms in total. The number of hydrogen-bond donors (Lipinski definition) is 2. The first-order valence-electron chi connectivity index (χ1n) is 5.05. The van der Waals surface area contributed by atoms with Crippen LogP contribution in [0.3, 0.4) is 0 Å². The van der Waals surface area contributed by atoms with Crippen LogP contribution in [-0.4, -0.2) is 12.5 Å². The van der Waals surface area contributed by atoms with Gasteiger partial charge in [0.05, 0.1) is 6.54 Å². The van der Waals surface area contributed by atoms with E-state index in [1.807, 2.05) is 0 Å². The van der Waals surface area contributed by atoms with E-state index in [1.165, 1.54) is 18.2 Å². The fraction of sp³-hybridized carbons (Fsp3) is 0.364. The highest BCUT2D eigenvalue weighted by Crippen LogP contribution is 2.50. The SMILES string of the molecule is I.NC(N)=NCC1(c2c(F)cccc2F)CC1. The lowest BCUT2D eigenvalue weighted by molar-refractivity contribution is 0.517. The Morgan fingerprint density at radius 3 is 2.18 bits per heavy atom. The van der Waals surface area contributed by atoms with Crippen molar-refractivity contribution in [3.63, 3.8) is 0 Å². The van der Waals surface area contributed by atoms with E-state index >= 15 is 0 Å². The summed E-state index contributed by atoms with van der Waals surface area (Å²) in [6.07, 6.45) is 1.42. The minimum atomic E-state index is -0.542. The molecule has 1 fully saturated rings. The second-order valence-corrected chi connectivity index (χ2v) is 4.12. The van der Waals surface area contributed by atoms with Crippen LogP contribution in [0.2, 0.25) is 0 Å². The molecule has 0 aliphatic heterocycles. The van der Waals surface area contributed by atoms with Gasteiger partial charge in [0.25, 0.3) is 0 Å². The Hall–Kier alpha value is -0.920. The second kappa shape index (κ2) is 5.16. The van der Waals surface area contributed by atoms with E-state index < -0.39 is 17.0 Å². The summed E-state index contributed by atoms with van der Waals surface area (Å²) in [5, 5.41) is 0. The van der Waals surface area contributed by atoms with Gasteiger partial charge >= 0.3 is 0 Å². The smallest absolute Gasteiger partial charge is 0.185 e. The third-order valence-electron chi connectivity index (χ3n) is 2.91. The van der Waals surface area contributed by atoms with Crippen molar-refractivity contribution in [2.75, 3.05) is 6.54 Å². The molecular weight excluding hydrogens is 339 g/mol. The van der Waals surface area contributed by atoms with Crippen LogP contribution in [0.15, 0.2) is 23.2 Å². The van der Waals surface area contributed by atoms with Gasteiger partial charge in [-0.05, 0) is 25.0 Å². The molecule has 94 valence electrons. The zero-order chi connectivity index (χ0) is 11.8. The molecule has 1 aliphatic carbocycles. The second-order valence-electron chi connectivity index (χ2n) is 4.12. The van der Waals surface area contributed by atoms with E-state index in [9.17, 15) is 8.78 Å². The van der Waals surface area contributed by atoms with Crippen LogP contribution in [0.5, 0.6) is 0 Å². The summed E-state index contributed by atoms with van der Waals surface area (Å²) in [7, 11) is 0. The van der Waals surface area contributed by atoms with E-state index in [4.69, 9.17) is 11.5 Å². The molecule has 0 unspecified atom stereocenters. The quantitative estimate of drug-likeness (QED) is 0.495. The predicted octanol–water partition coefficient (Wildman–Crippen LogP) is 1.89. The lowest BCUT2D eigenvalue weighted by Gasteiger charge is -2.14. The highest BCUT2D eigenvalue weighted by molar-refractivity contribution is 14.0. The summed E-state index contributed by atoms with van der Waals surface area (Å²) in [6, 6.07) is 3.87. The molecule has 0 radical (unpaired) electrons. The van der Waals surface area contributed by atoms with Gasteiger partial charge in [-0.2, -0.15) is 0 Å². The Labute approximate surface area is 115 Å². The average Bonchev–Trinajstić information content (AvgIpc) is 2.96. The molecule has 0 bridgehead atoms. The molecule has 0 amide bonds. The number of rotatable bonds is 3. The molecule has 0 atom stereocenters.